The van der Waals surface area contributed by atoms with Crippen LogP contribution < -0.4 is 5.32 Å². The fraction of sp³-hybridized carbons (Fsp3) is 0.0417. The monoisotopic (exact) mass is 474 g/mol. The number of carbonyl (C=O) groups is 5. The maximum Gasteiger partial charge on any atom is 0.294 e. The fourth-order valence-corrected chi connectivity index (χ4v) is 5.22. The Labute approximate surface area is 196 Å². The van der Waals surface area contributed by atoms with Crippen LogP contribution in [0.3, 0.4) is 0 Å². The van der Waals surface area contributed by atoms with Gasteiger partial charge in [0.25, 0.3) is 11.1 Å². The van der Waals surface area contributed by atoms with Gasteiger partial charge in [-0.2, -0.15) is 0 Å². The predicted molar refractivity (Wildman–Crippen MR) is 125 cm³/mol. The molecule has 0 saturated carbocycles. The largest absolute Gasteiger partial charge is 0.325 e. The summed E-state index contributed by atoms with van der Waals surface area (Å²) in [4.78, 5) is 64.9. The first kappa shape index (κ1) is 21.0. The first-order valence-corrected chi connectivity index (χ1v) is 11.5. The smallest absolute Gasteiger partial charge is 0.294 e. The third kappa shape index (κ3) is 3.81. The van der Waals surface area contributed by atoms with Crippen LogP contribution in [0.15, 0.2) is 64.9 Å². The van der Waals surface area contributed by atoms with E-state index in [9.17, 15) is 24.0 Å². The Balaban J connectivity index is 1.32. The van der Waals surface area contributed by atoms with Crippen LogP contribution in [-0.2, 0) is 9.59 Å². The number of thioether (sulfide) groups is 1. The normalized spacial score (nSPS) is 16.2. The van der Waals surface area contributed by atoms with E-state index in [4.69, 9.17) is 0 Å². The van der Waals surface area contributed by atoms with Crippen LogP contribution >= 0.6 is 23.1 Å². The summed E-state index contributed by atoms with van der Waals surface area (Å²) in [6, 6.07) is 14.7. The lowest BCUT2D eigenvalue weighted by Gasteiger charge is -2.18. The van der Waals surface area contributed by atoms with Crippen LogP contribution in [-0.4, -0.2) is 40.1 Å². The highest BCUT2D eigenvalue weighted by Gasteiger charge is 2.36. The molecule has 1 saturated heterocycles. The molecule has 2 heterocycles. The van der Waals surface area contributed by atoms with Crippen LogP contribution in [0.2, 0.25) is 0 Å². The molecule has 0 bridgehead atoms. The van der Waals surface area contributed by atoms with Gasteiger partial charge in [-0.3, -0.25) is 28.9 Å². The van der Waals surface area contributed by atoms with Gasteiger partial charge in [-0.25, -0.2) is 0 Å². The van der Waals surface area contributed by atoms with Crippen molar-refractivity contribution in [2.75, 3.05) is 11.9 Å². The molecule has 9 heteroatoms. The van der Waals surface area contributed by atoms with E-state index in [0.29, 0.717) is 16.8 Å². The molecular weight excluding hydrogens is 460 g/mol. The Hall–Kier alpha value is -3.82. The Kier molecular flexibility index (Phi) is 5.27. The van der Waals surface area contributed by atoms with Gasteiger partial charge in [0.05, 0.1) is 4.91 Å². The second-order valence-electron chi connectivity index (χ2n) is 7.30. The van der Waals surface area contributed by atoms with Crippen molar-refractivity contribution in [3.8, 4) is 0 Å². The highest BCUT2D eigenvalue weighted by Crippen LogP contribution is 2.33. The average Bonchev–Trinajstić information content (AvgIpc) is 3.41. The molecule has 1 aromatic heterocycles. The molecular formula is C24H14N2O5S2. The van der Waals surface area contributed by atoms with E-state index in [0.717, 1.165) is 21.5 Å². The minimum atomic E-state index is -0.593. The van der Waals surface area contributed by atoms with Gasteiger partial charge in [0.15, 0.2) is 11.6 Å². The van der Waals surface area contributed by atoms with Gasteiger partial charge in [0.2, 0.25) is 5.91 Å². The number of carbonyl (C=O) groups excluding carboxylic acids is 5. The molecule has 0 atom stereocenters. The second kappa shape index (κ2) is 8.27. The summed E-state index contributed by atoms with van der Waals surface area (Å²) in [6.45, 7) is -0.459. The number of hydrogen-bond acceptors (Lipinski definition) is 7. The van der Waals surface area contributed by atoms with E-state index in [2.05, 4.69) is 5.32 Å². The third-order valence-corrected chi connectivity index (χ3v) is 6.93. The number of nitrogens with one attached hydrogen (secondary N) is 1. The van der Waals surface area contributed by atoms with Crippen molar-refractivity contribution in [1.82, 2.24) is 4.90 Å². The highest BCUT2D eigenvalue weighted by molar-refractivity contribution is 8.18. The maximum absolute atomic E-state index is 12.9. The second-order valence-corrected chi connectivity index (χ2v) is 9.27. The Morgan fingerprint density at radius 3 is 2.27 bits per heavy atom. The summed E-state index contributed by atoms with van der Waals surface area (Å²) in [7, 11) is 0. The molecule has 0 radical (unpaired) electrons. The van der Waals surface area contributed by atoms with Gasteiger partial charge < -0.3 is 5.32 Å². The van der Waals surface area contributed by atoms with E-state index in [1.54, 1.807) is 30.3 Å². The number of fused-ring (bicyclic) bond motifs is 2. The lowest BCUT2D eigenvalue weighted by Crippen LogP contribution is -2.36. The molecule has 2 aliphatic rings. The molecule has 0 spiro atoms. The van der Waals surface area contributed by atoms with Crippen molar-refractivity contribution in [2.24, 2.45) is 0 Å². The van der Waals surface area contributed by atoms with Crippen molar-refractivity contribution >= 4 is 63.5 Å². The first-order chi connectivity index (χ1) is 15.9. The van der Waals surface area contributed by atoms with Gasteiger partial charge in [-0.05, 0) is 47.5 Å². The van der Waals surface area contributed by atoms with Crippen molar-refractivity contribution in [2.45, 2.75) is 0 Å². The van der Waals surface area contributed by atoms with Gasteiger partial charge in [-0.15, -0.1) is 11.3 Å². The van der Waals surface area contributed by atoms with Crippen molar-refractivity contribution in [3.63, 3.8) is 0 Å². The number of imide groups is 1. The third-order valence-electron chi connectivity index (χ3n) is 5.20. The molecule has 1 aliphatic heterocycles. The molecule has 3 amide bonds. The number of thiophene rings is 1. The topological polar surface area (TPSA) is 101 Å². The average molecular weight is 475 g/mol. The summed E-state index contributed by atoms with van der Waals surface area (Å²) in [6.07, 6.45) is 1.62. The minimum Gasteiger partial charge on any atom is -0.325 e. The lowest BCUT2D eigenvalue weighted by atomic mass is 9.84. The maximum atomic E-state index is 12.9. The van der Waals surface area contributed by atoms with Gasteiger partial charge in [0, 0.05) is 32.8 Å². The van der Waals surface area contributed by atoms with Gasteiger partial charge >= 0.3 is 0 Å². The number of rotatable bonds is 4. The Morgan fingerprint density at radius 2 is 1.58 bits per heavy atom. The molecule has 1 aliphatic carbocycles. The zero-order valence-electron chi connectivity index (χ0n) is 16.9. The van der Waals surface area contributed by atoms with E-state index in [1.165, 1.54) is 29.5 Å². The summed E-state index contributed by atoms with van der Waals surface area (Å²) < 4.78 is 0. The first-order valence-electron chi connectivity index (χ1n) is 9.83. The Bertz CT molecular complexity index is 1390. The molecule has 33 heavy (non-hydrogen) atoms. The number of nitrogens with zero attached hydrogens (tertiary/aromatic N) is 1. The highest BCUT2D eigenvalue weighted by atomic mass is 32.2. The lowest BCUT2D eigenvalue weighted by molar-refractivity contribution is -0.127. The molecule has 0 unspecified atom stereocenters. The zero-order valence-corrected chi connectivity index (χ0v) is 18.5. The molecule has 1 N–H and O–H groups in total. The molecule has 3 aromatic rings. The van der Waals surface area contributed by atoms with E-state index in [1.807, 2.05) is 17.5 Å². The van der Waals surface area contributed by atoms with Crippen LogP contribution in [0, 0.1) is 0 Å². The summed E-state index contributed by atoms with van der Waals surface area (Å²) in [5.41, 5.74) is 1.42. The van der Waals surface area contributed by atoms with Crippen LogP contribution in [0.5, 0.6) is 0 Å². The summed E-state index contributed by atoms with van der Waals surface area (Å²) in [5, 5.41) is 3.94. The Morgan fingerprint density at radius 1 is 0.879 bits per heavy atom. The van der Waals surface area contributed by atoms with Gasteiger partial charge in [0.1, 0.15) is 6.54 Å². The van der Waals surface area contributed by atoms with E-state index >= 15 is 0 Å². The SMILES string of the molecule is O=C(CN1C(=O)S/C(=C\c2cccs2)C1=O)Nc1ccc2c(c1)C(=O)c1ccccc1C2=O. The molecule has 162 valence electrons. The number of ketones is 2. The predicted octanol–water partition coefficient (Wildman–Crippen LogP) is 4.20. The summed E-state index contributed by atoms with van der Waals surface area (Å²) >= 11 is 2.22. The van der Waals surface area contributed by atoms with E-state index in [-0.39, 0.29) is 27.6 Å². The van der Waals surface area contributed by atoms with Crippen LogP contribution in [0.4, 0.5) is 10.5 Å². The van der Waals surface area contributed by atoms with Crippen LogP contribution in [0.1, 0.15) is 36.7 Å². The summed E-state index contributed by atoms with van der Waals surface area (Å²) in [5.74, 6) is -1.68. The molecule has 2 aromatic carbocycles. The zero-order chi connectivity index (χ0) is 23.1. The van der Waals surface area contributed by atoms with Crippen molar-refractivity contribution in [1.29, 1.82) is 0 Å². The molecule has 5 rings (SSSR count). The van der Waals surface area contributed by atoms with Gasteiger partial charge in [-0.1, -0.05) is 30.3 Å². The number of anilines is 1. The number of benzene rings is 2. The molecule has 7 nitrogen and oxygen atoms in total. The minimum absolute atomic E-state index is 0.196. The fourth-order valence-electron chi connectivity index (χ4n) is 3.66. The standard InChI is InChI=1S/C24H14N2O5S2/c27-20(12-26-23(30)19(33-24(26)31)11-14-4-3-9-32-14)25-13-7-8-17-18(10-13)22(29)16-6-2-1-5-15(16)21(17)28/h1-11H,12H2,(H,25,27)/b19-11-. The number of hydrogen-bond donors (Lipinski definition) is 1. The number of amides is 3. The van der Waals surface area contributed by atoms with E-state index < -0.39 is 23.6 Å². The van der Waals surface area contributed by atoms with Crippen molar-refractivity contribution in [3.05, 3.63) is 92.0 Å². The molecule has 1 fully saturated rings. The van der Waals surface area contributed by atoms with Crippen LogP contribution in [0.25, 0.3) is 6.08 Å². The van der Waals surface area contributed by atoms with Crippen molar-refractivity contribution < 1.29 is 24.0 Å². The quantitative estimate of drug-likeness (QED) is 0.445.